The first-order valence-corrected chi connectivity index (χ1v) is 7.92. The smallest absolute Gasteiger partial charge is 0.240 e. The number of hydrogen-bond acceptors (Lipinski definition) is 3. The van der Waals surface area contributed by atoms with E-state index in [4.69, 9.17) is 0 Å². The highest BCUT2D eigenvalue weighted by Crippen LogP contribution is 2.37. The van der Waals surface area contributed by atoms with Crippen molar-refractivity contribution in [2.24, 2.45) is 5.41 Å². The van der Waals surface area contributed by atoms with Gasteiger partial charge in [0.25, 0.3) is 0 Å². The van der Waals surface area contributed by atoms with Crippen LogP contribution in [-0.4, -0.2) is 26.7 Å². The summed E-state index contributed by atoms with van der Waals surface area (Å²) in [5.41, 5.74) is -0.439. The van der Waals surface area contributed by atoms with E-state index in [-0.39, 0.29) is 18.0 Å². The fraction of sp³-hybridized carbons (Fsp3) is 0.538. The van der Waals surface area contributed by atoms with Gasteiger partial charge in [-0.05, 0) is 31.0 Å². The molecule has 0 radical (unpaired) electrons. The van der Waals surface area contributed by atoms with Gasteiger partial charge in [0.05, 0.1) is 4.90 Å². The van der Waals surface area contributed by atoms with E-state index in [0.717, 1.165) is 37.8 Å². The number of hydrogen-bond donors (Lipinski definition) is 2. The molecule has 4 nitrogen and oxygen atoms in total. The standard InChI is InChI=1S/C13H17F2NO3S/c14-11-4-3-10(7-12(11)15)20(18,19)16-8-13(9-17)5-1-2-6-13/h3-4,7,16-17H,1-2,5-6,8-9H2. The van der Waals surface area contributed by atoms with Crippen LogP contribution in [0.1, 0.15) is 25.7 Å². The molecule has 0 heterocycles. The molecule has 0 unspecified atom stereocenters. The molecule has 0 spiro atoms. The Kier molecular flexibility index (Phi) is 4.41. The van der Waals surface area contributed by atoms with Gasteiger partial charge in [-0.1, -0.05) is 12.8 Å². The van der Waals surface area contributed by atoms with E-state index in [0.29, 0.717) is 6.07 Å². The Bertz CT molecular complexity index is 583. The summed E-state index contributed by atoms with van der Waals surface area (Å²) in [5, 5.41) is 9.42. The van der Waals surface area contributed by atoms with Crippen molar-refractivity contribution in [3.8, 4) is 0 Å². The van der Waals surface area contributed by atoms with Crippen molar-refractivity contribution in [1.29, 1.82) is 0 Å². The quantitative estimate of drug-likeness (QED) is 0.871. The van der Waals surface area contributed by atoms with Crippen LogP contribution in [-0.2, 0) is 10.0 Å². The third-order valence-corrected chi connectivity index (χ3v) is 5.24. The molecular weight excluding hydrogens is 288 g/mol. The zero-order valence-corrected chi connectivity index (χ0v) is 11.7. The highest BCUT2D eigenvalue weighted by atomic mass is 32.2. The lowest BCUT2D eigenvalue weighted by Gasteiger charge is -2.26. The third-order valence-electron chi connectivity index (χ3n) is 3.84. The van der Waals surface area contributed by atoms with Crippen molar-refractivity contribution in [1.82, 2.24) is 4.72 Å². The Hall–Kier alpha value is -1.05. The minimum absolute atomic E-state index is 0.0900. The second-order valence-corrected chi connectivity index (χ2v) is 7.03. The first-order chi connectivity index (χ1) is 9.38. The molecule has 1 aromatic rings. The van der Waals surface area contributed by atoms with E-state index >= 15 is 0 Å². The summed E-state index contributed by atoms with van der Waals surface area (Å²) in [6.07, 6.45) is 3.41. The molecule has 0 aromatic heterocycles. The fourth-order valence-corrected chi connectivity index (χ4v) is 3.66. The number of sulfonamides is 1. The van der Waals surface area contributed by atoms with E-state index in [1.807, 2.05) is 0 Å². The van der Waals surface area contributed by atoms with Gasteiger partial charge in [-0.15, -0.1) is 0 Å². The van der Waals surface area contributed by atoms with Crippen LogP contribution in [0.5, 0.6) is 0 Å². The highest BCUT2D eigenvalue weighted by Gasteiger charge is 2.34. The highest BCUT2D eigenvalue weighted by molar-refractivity contribution is 7.89. The maximum atomic E-state index is 13.1. The molecule has 0 saturated heterocycles. The van der Waals surface area contributed by atoms with Crippen molar-refractivity contribution in [3.05, 3.63) is 29.8 Å². The van der Waals surface area contributed by atoms with Crippen molar-refractivity contribution < 1.29 is 22.3 Å². The monoisotopic (exact) mass is 305 g/mol. The number of aliphatic hydroxyl groups excluding tert-OH is 1. The Morgan fingerprint density at radius 3 is 2.40 bits per heavy atom. The number of benzene rings is 1. The predicted octanol–water partition coefficient (Wildman–Crippen LogP) is 1.80. The summed E-state index contributed by atoms with van der Waals surface area (Å²) >= 11 is 0. The Labute approximate surface area is 116 Å². The second kappa shape index (κ2) is 5.75. The summed E-state index contributed by atoms with van der Waals surface area (Å²) in [6, 6.07) is 2.44. The van der Waals surface area contributed by atoms with Gasteiger partial charge in [0.15, 0.2) is 11.6 Å². The molecule has 1 aliphatic carbocycles. The summed E-state index contributed by atoms with van der Waals surface area (Å²) in [4.78, 5) is -0.317. The van der Waals surface area contributed by atoms with Gasteiger partial charge in [-0.25, -0.2) is 21.9 Å². The summed E-state index contributed by atoms with van der Waals surface area (Å²) < 4.78 is 52.3. The molecule has 1 aliphatic rings. The molecule has 112 valence electrons. The van der Waals surface area contributed by atoms with E-state index in [1.165, 1.54) is 0 Å². The van der Waals surface area contributed by atoms with Crippen molar-refractivity contribution in [2.45, 2.75) is 30.6 Å². The topological polar surface area (TPSA) is 66.4 Å². The SMILES string of the molecule is O=S(=O)(NCC1(CO)CCCC1)c1ccc(F)c(F)c1. The van der Waals surface area contributed by atoms with Gasteiger partial charge < -0.3 is 5.11 Å². The average Bonchev–Trinajstić information content (AvgIpc) is 2.89. The van der Waals surface area contributed by atoms with Crippen LogP contribution >= 0.6 is 0 Å². The maximum Gasteiger partial charge on any atom is 0.240 e. The molecule has 0 atom stereocenters. The zero-order chi connectivity index (χ0) is 14.8. The summed E-state index contributed by atoms with van der Waals surface area (Å²) in [5.74, 6) is -2.29. The molecule has 1 fully saturated rings. The van der Waals surface area contributed by atoms with Gasteiger partial charge in [0, 0.05) is 18.6 Å². The van der Waals surface area contributed by atoms with E-state index in [2.05, 4.69) is 4.72 Å². The lowest BCUT2D eigenvalue weighted by Crippen LogP contribution is -2.38. The second-order valence-electron chi connectivity index (χ2n) is 5.27. The van der Waals surface area contributed by atoms with Crippen LogP contribution in [0.15, 0.2) is 23.1 Å². The minimum atomic E-state index is -3.90. The third kappa shape index (κ3) is 3.16. The van der Waals surface area contributed by atoms with Crippen molar-refractivity contribution in [2.75, 3.05) is 13.2 Å². The van der Waals surface area contributed by atoms with Crippen LogP contribution in [0.2, 0.25) is 0 Å². The minimum Gasteiger partial charge on any atom is -0.396 e. The number of nitrogens with one attached hydrogen (secondary N) is 1. The van der Waals surface area contributed by atoms with Crippen molar-refractivity contribution >= 4 is 10.0 Å². The molecule has 1 saturated carbocycles. The van der Waals surface area contributed by atoms with Gasteiger partial charge in [-0.3, -0.25) is 0 Å². The molecule has 0 aliphatic heterocycles. The molecule has 20 heavy (non-hydrogen) atoms. The lowest BCUT2D eigenvalue weighted by molar-refractivity contribution is 0.134. The van der Waals surface area contributed by atoms with Crippen LogP contribution in [0.3, 0.4) is 0 Å². The normalized spacial score (nSPS) is 18.4. The van der Waals surface area contributed by atoms with Gasteiger partial charge >= 0.3 is 0 Å². The maximum absolute atomic E-state index is 13.1. The van der Waals surface area contributed by atoms with Gasteiger partial charge in [0.2, 0.25) is 10.0 Å². The fourth-order valence-electron chi connectivity index (χ4n) is 2.49. The molecule has 0 bridgehead atoms. The average molecular weight is 305 g/mol. The van der Waals surface area contributed by atoms with Crippen molar-refractivity contribution in [3.63, 3.8) is 0 Å². The molecule has 2 rings (SSSR count). The van der Waals surface area contributed by atoms with Gasteiger partial charge in [-0.2, -0.15) is 0 Å². The van der Waals surface area contributed by atoms with Crippen LogP contribution in [0.4, 0.5) is 8.78 Å². The predicted molar refractivity (Wildman–Crippen MR) is 69.5 cm³/mol. The number of aliphatic hydroxyl groups is 1. The molecule has 0 amide bonds. The van der Waals surface area contributed by atoms with E-state index in [1.54, 1.807) is 0 Å². The van der Waals surface area contributed by atoms with Crippen LogP contribution in [0, 0.1) is 17.0 Å². The largest absolute Gasteiger partial charge is 0.396 e. The first-order valence-electron chi connectivity index (χ1n) is 6.44. The Morgan fingerprint density at radius 1 is 1.20 bits per heavy atom. The van der Waals surface area contributed by atoms with Crippen LogP contribution < -0.4 is 4.72 Å². The number of rotatable bonds is 5. The van der Waals surface area contributed by atoms with E-state index < -0.39 is 27.1 Å². The molecule has 2 N–H and O–H groups in total. The first kappa shape index (κ1) is 15.3. The van der Waals surface area contributed by atoms with Gasteiger partial charge in [0.1, 0.15) is 0 Å². The summed E-state index contributed by atoms with van der Waals surface area (Å²) in [6.45, 7) is 0.0120. The van der Waals surface area contributed by atoms with Crippen LogP contribution in [0.25, 0.3) is 0 Å². The number of halogens is 2. The molecular formula is C13H17F2NO3S. The molecule has 7 heteroatoms. The Balaban J connectivity index is 2.13. The van der Waals surface area contributed by atoms with E-state index in [9.17, 15) is 22.3 Å². The molecule has 1 aromatic carbocycles. The Morgan fingerprint density at radius 2 is 1.85 bits per heavy atom. The zero-order valence-electron chi connectivity index (χ0n) is 10.9. The summed E-state index contributed by atoms with van der Waals surface area (Å²) in [7, 11) is -3.90. The lowest BCUT2D eigenvalue weighted by atomic mass is 9.88.